The van der Waals surface area contributed by atoms with Gasteiger partial charge in [-0.25, -0.2) is 0 Å². The van der Waals surface area contributed by atoms with Crippen LogP contribution >= 0.6 is 15.9 Å². The molecule has 1 aliphatic heterocycles. The topological polar surface area (TPSA) is 24.5 Å². The van der Waals surface area contributed by atoms with Crippen LogP contribution in [0.2, 0.25) is 0 Å². The molecule has 2 fully saturated rings. The van der Waals surface area contributed by atoms with Gasteiger partial charge in [-0.1, -0.05) is 15.9 Å². The van der Waals surface area contributed by atoms with E-state index in [-0.39, 0.29) is 0 Å². The van der Waals surface area contributed by atoms with Gasteiger partial charge in [-0.15, -0.1) is 0 Å². The molecule has 2 atom stereocenters. The van der Waals surface area contributed by atoms with E-state index in [0.717, 1.165) is 28.5 Å². The van der Waals surface area contributed by atoms with Gasteiger partial charge in [0.25, 0.3) is 0 Å². The van der Waals surface area contributed by atoms with Crippen LogP contribution < -0.4 is 10.1 Å². The minimum atomic E-state index is 0.527. The van der Waals surface area contributed by atoms with Crippen molar-refractivity contribution in [3.05, 3.63) is 22.7 Å². The summed E-state index contributed by atoms with van der Waals surface area (Å²) in [5.41, 5.74) is 1.09. The molecule has 1 aromatic carbocycles. The van der Waals surface area contributed by atoms with Crippen LogP contribution in [0, 0.1) is 0 Å². The van der Waals surface area contributed by atoms with Crippen molar-refractivity contribution in [3.8, 4) is 5.75 Å². The molecule has 0 amide bonds. The minimum Gasteiger partial charge on any atom is -0.495 e. The van der Waals surface area contributed by atoms with E-state index in [0.29, 0.717) is 12.1 Å². The van der Waals surface area contributed by atoms with Gasteiger partial charge in [-0.05, 0) is 44.4 Å². The highest BCUT2D eigenvalue weighted by atomic mass is 79.9. The van der Waals surface area contributed by atoms with Gasteiger partial charge in [0, 0.05) is 29.1 Å². The number of nitrogens with one attached hydrogen (secondary N) is 1. The number of likely N-dealkylation sites (tertiary alicyclic amines) is 1. The molecule has 1 aromatic rings. The largest absolute Gasteiger partial charge is 0.495 e. The van der Waals surface area contributed by atoms with Crippen LogP contribution in [-0.4, -0.2) is 36.7 Å². The molecule has 3 nitrogen and oxygen atoms in total. The van der Waals surface area contributed by atoms with Gasteiger partial charge < -0.3 is 10.1 Å². The average Bonchev–Trinajstić information content (AvgIpc) is 3.15. The molecule has 2 aliphatic rings. The zero-order valence-corrected chi connectivity index (χ0v) is 13.1. The normalized spacial score (nSPS) is 27.5. The Morgan fingerprint density at radius 2 is 2.16 bits per heavy atom. The summed E-state index contributed by atoms with van der Waals surface area (Å²) in [5, 5.41) is 3.65. The van der Waals surface area contributed by atoms with E-state index in [4.69, 9.17) is 4.74 Å². The van der Waals surface area contributed by atoms with Crippen molar-refractivity contribution in [2.45, 2.75) is 44.3 Å². The van der Waals surface area contributed by atoms with Crippen LogP contribution in [-0.2, 0) is 0 Å². The van der Waals surface area contributed by atoms with Crippen molar-refractivity contribution in [3.63, 3.8) is 0 Å². The van der Waals surface area contributed by atoms with Gasteiger partial charge in [0.2, 0.25) is 0 Å². The summed E-state index contributed by atoms with van der Waals surface area (Å²) in [6.45, 7) is 3.50. The molecule has 0 aromatic heterocycles. The number of benzene rings is 1. The maximum absolute atomic E-state index is 5.43. The van der Waals surface area contributed by atoms with Crippen molar-refractivity contribution in [1.29, 1.82) is 0 Å². The number of ether oxygens (including phenoxy) is 1. The van der Waals surface area contributed by atoms with Crippen LogP contribution in [0.4, 0.5) is 5.69 Å². The summed E-state index contributed by atoms with van der Waals surface area (Å²) < 4.78 is 6.51. The molecule has 19 heavy (non-hydrogen) atoms. The predicted octanol–water partition coefficient (Wildman–Crippen LogP) is 3.49. The molecule has 1 heterocycles. The van der Waals surface area contributed by atoms with Crippen LogP contribution in [0.5, 0.6) is 5.75 Å². The molecular formula is C15H21BrN2O. The predicted molar refractivity (Wildman–Crippen MR) is 81.9 cm³/mol. The van der Waals surface area contributed by atoms with Crippen molar-refractivity contribution in [1.82, 2.24) is 4.90 Å². The summed E-state index contributed by atoms with van der Waals surface area (Å²) >= 11 is 3.53. The SMILES string of the molecule is COc1ccc(Br)cc1NC1CC(C)N(C2CC2)C1. The second kappa shape index (κ2) is 5.33. The fourth-order valence-electron chi connectivity index (χ4n) is 3.09. The highest BCUT2D eigenvalue weighted by molar-refractivity contribution is 9.10. The Balaban J connectivity index is 1.70. The highest BCUT2D eigenvalue weighted by Gasteiger charge is 2.38. The summed E-state index contributed by atoms with van der Waals surface area (Å²) in [6.07, 6.45) is 3.99. The van der Waals surface area contributed by atoms with Gasteiger partial charge in [-0.2, -0.15) is 0 Å². The van der Waals surface area contributed by atoms with Gasteiger partial charge in [-0.3, -0.25) is 4.90 Å². The Labute approximate surface area is 123 Å². The van der Waals surface area contributed by atoms with Crippen molar-refractivity contribution < 1.29 is 4.74 Å². The molecule has 0 spiro atoms. The summed E-state index contributed by atoms with van der Waals surface area (Å²) in [7, 11) is 1.72. The Morgan fingerprint density at radius 3 is 2.84 bits per heavy atom. The van der Waals surface area contributed by atoms with Crippen molar-refractivity contribution in [2.75, 3.05) is 19.0 Å². The van der Waals surface area contributed by atoms with E-state index < -0.39 is 0 Å². The molecule has 1 saturated heterocycles. The van der Waals surface area contributed by atoms with E-state index in [2.05, 4.69) is 39.1 Å². The Kier molecular flexibility index (Phi) is 3.72. The second-order valence-electron chi connectivity index (χ2n) is 5.70. The third kappa shape index (κ3) is 2.90. The average molecular weight is 325 g/mol. The third-order valence-corrected chi connectivity index (χ3v) is 4.65. The van der Waals surface area contributed by atoms with Gasteiger partial charge in [0.1, 0.15) is 5.75 Å². The lowest BCUT2D eigenvalue weighted by atomic mass is 10.2. The summed E-state index contributed by atoms with van der Waals surface area (Å²) in [5.74, 6) is 0.917. The Hall–Kier alpha value is -0.740. The molecule has 0 bridgehead atoms. The number of anilines is 1. The second-order valence-corrected chi connectivity index (χ2v) is 6.61. The first-order chi connectivity index (χ1) is 9.17. The number of hydrogen-bond acceptors (Lipinski definition) is 3. The first-order valence-electron chi connectivity index (χ1n) is 7.03. The van der Waals surface area contributed by atoms with Crippen LogP contribution in [0.1, 0.15) is 26.2 Å². The fourth-order valence-corrected chi connectivity index (χ4v) is 3.45. The molecule has 0 radical (unpaired) electrons. The molecular weight excluding hydrogens is 304 g/mol. The maximum atomic E-state index is 5.43. The van der Waals surface area contributed by atoms with Gasteiger partial charge in [0.15, 0.2) is 0 Å². The molecule has 1 aliphatic carbocycles. The first-order valence-corrected chi connectivity index (χ1v) is 7.82. The quantitative estimate of drug-likeness (QED) is 0.917. The van der Waals surface area contributed by atoms with Crippen molar-refractivity contribution >= 4 is 21.6 Å². The van der Waals surface area contributed by atoms with Crippen LogP contribution in [0.3, 0.4) is 0 Å². The molecule has 1 saturated carbocycles. The number of rotatable bonds is 4. The lowest BCUT2D eigenvalue weighted by Gasteiger charge is -2.20. The van der Waals surface area contributed by atoms with Crippen molar-refractivity contribution in [2.24, 2.45) is 0 Å². The first kappa shape index (κ1) is 13.3. The standard InChI is InChI=1S/C15H21BrN2O/c1-10-7-12(9-18(10)13-4-5-13)17-14-8-11(16)3-6-15(14)19-2/h3,6,8,10,12-13,17H,4-5,7,9H2,1-2H3. The Bertz CT molecular complexity index is 461. The lowest BCUT2D eigenvalue weighted by Crippen LogP contribution is -2.31. The number of nitrogens with zero attached hydrogens (tertiary/aromatic N) is 1. The van der Waals surface area contributed by atoms with E-state index in [9.17, 15) is 0 Å². The van der Waals surface area contributed by atoms with Crippen LogP contribution in [0.15, 0.2) is 22.7 Å². The highest BCUT2D eigenvalue weighted by Crippen LogP contribution is 2.35. The number of methoxy groups -OCH3 is 1. The smallest absolute Gasteiger partial charge is 0.142 e. The minimum absolute atomic E-state index is 0.527. The maximum Gasteiger partial charge on any atom is 0.142 e. The van der Waals surface area contributed by atoms with E-state index in [1.54, 1.807) is 7.11 Å². The summed E-state index contributed by atoms with van der Waals surface area (Å²) in [4.78, 5) is 2.65. The van der Waals surface area contributed by atoms with Gasteiger partial charge >= 0.3 is 0 Å². The molecule has 3 rings (SSSR count). The van der Waals surface area contributed by atoms with E-state index in [1.165, 1.54) is 19.3 Å². The van der Waals surface area contributed by atoms with Gasteiger partial charge in [0.05, 0.1) is 12.8 Å². The molecule has 104 valence electrons. The third-order valence-electron chi connectivity index (χ3n) is 4.16. The summed E-state index contributed by atoms with van der Waals surface area (Å²) in [6, 6.07) is 8.19. The monoisotopic (exact) mass is 324 g/mol. The lowest BCUT2D eigenvalue weighted by molar-refractivity contribution is 0.257. The Morgan fingerprint density at radius 1 is 1.37 bits per heavy atom. The van der Waals surface area contributed by atoms with E-state index in [1.807, 2.05) is 12.1 Å². The molecule has 2 unspecified atom stereocenters. The van der Waals surface area contributed by atoms with E-state index >= 15 is 0 Å². The number of hydrogen-bond donors (Lipinski definition) is 1. The zero-order chi connectivity index (χ0) is 13.4. The van der Waals surface area contributed by atoms with Crippen LogP contribution in [0.25, 0.3) is 0 Å². The zero-order valence-electron chi connectivity index (χ0n) is 11.5. The molecule has 4 heteroatoms. The molecule has 1 N–H and O–H groups in total. The number of halogens is 1. The fraction of sp³-hybridized carbons (Fsp3) is 0.600.